The molecule has 1 atom stereocenters. The highest BCUT2D eigenvalue weighted by molar-refractivity contribution is 5.79. The van der Waals surface area contributed by atoms with E-state index in [1.54, 1.807) is 6.92 Å². The van der Waals surface area contributed by atoms with Gasteiger partial charge in [0.2, 0.25) is 0 Å². The Morgan fingerprint density at radius 2 is 1.85 bits per heavy atom. The highest BCUT2D eigenvalue weighted by atomic mass is 19.3. The van der Waals surface area contributed by atoms with Crippen LogP contribution in [0.15, 0.2) is 24.3 Å². The molecule has 0 aliphatic carbocycles. The van der Waals surface area contributed by atoms with Crippen LogP contribution in [0.1, 0.15) is 32.4 Å². The molecule has 0 aliphatic rings. The molecule has 1 aromatic rings. The Hall–Kier alpha value is -2.16. The maximum absolute atomic E-state index is 12.0. The lowest BCUT2D eigenvalue weighted by atomic mass is 9.96. The molecule has 1 rings (SSSR count). The predicted octanol–water partition coefficient (Wildman–Crippen LogP) is 3.44. The lowest BCUT2D eigenvalue weighted by molar-refractivity contribution is -0.156. The first-order valence-corrected chi connectivity index (χ1v) is 5.93. The number of halogens is 2. The van der Waals surface area contributed by atoms with Gasteiger partial charge in [-0.15, -0.1) is 0 Å². The van der Waals surface area contributed by atoms with Crippen LogP contribution in [-0.2, 0) is 9.53 Å². The van der Waals surface area contributed by atoms with Crippen LogP contribution >= 0.6 is 0 Å². The molecule has 6 heteroatoms. The summed E-state index contributed by atoms with van der Waals surface area (Å²) in [6.45, 7) is 1.67. The quantitative estimate of drug-likeness (QED) is 0.777. The molecule has 108 valence electrons. The number of carbonyl (C=O) groups is 1. The molecular formula is C14H15F2NO3. The van der Waals surface area contributed by atoms with Crippen LogP contribution < -0.4 is 4.74 Å². The monoisotopic (exact) mass is 283 g/mol. The van der Waals surface area contributed by atoms with Crippen molar-refractivity contribution in [1.82, 2.24) is 0 Å². The van der Waals surface area contributed by atoms with Crippen LogP contribution in [-0.4, -0.2) is 12.6 Å². The average molecular weight is 283 g/mol. The third-order valence-electron chi connectivity index (χ3n) is 2.65. The molecule has 1 unspecified atom stereocenters. The van der Waals surface area contributed by atoms with Gasteiger partial charge in [-0.25, -0.2) is 0 Å². The summed E-state index contributed by atoms with van der Waals surface area (Å²) >= 11 is 0. The zero-order valence-corrected chi connectivity index (χ0v) is 11.4. The summed E-state index contributed by atoms with van der Waals surface area (Å²) in [7, 11) is 0. The number of nitriles is 1. The molecule has 0 amide bonds. The summed E-state index contributed by atoms with van der Waals surface area (Å²) < 4.78 is 33.4. The van der Waals surface area contributed by atoms with Gasteiger partial charge in [0, 0.05) is 0 Å². The number of hydrogen-bond acceptors (Lipinski definition) is 4. The molecule has 0 heterocycles. The average Bonchev–Trinajstić information content (AvgIpc) is 2.38. The standard InChI is InChI=1S/C14H15F2NO3/c1-9(19-12(18)14(2,3)8-17)10-4-6-11(7-5-10)20-13(15)16/h4-7,9,13H,1-3H3. The minimum atomic E-state index is -2.88. The fourth-order valence-corrected chi connectivity index (χ4v) is 1.34. The summed E-state index contributed by atoms with van der Waals surface area (Å²) in [6, 6.07) is 7.62. The van der Waals surface area contributed by atoms with Crippen molar-refractivity contribution in [2.45, 2.75) is 33.5 Å². The molecule has 4 nitrogen and oxygen atoms in total. The second-order valence-electron chi connectivity index (χ2n) is 4.73. The first-order valence-electron chi connectivity index (χ1n) is 5.93. The van der Waals surface area contributed by atoms with E-state index in [4.69, 9.17) is 10.00 Å². The SMILES string of the molecule is CC(OC(=O)C(C)(C)C#N)c1ccc(OC(F)F)cc1. The first-order chi connectivity index (χ1) is 9.26. The molecule has 0 aromatic heterocycles. The number of benzene rings is 1. The topological polar surface area (TPSA) is 59.3 Å². The van der Waals surface area contributed by atoms with Gasteiger partial charge in [-0.2, -0.15) is 14.0 Å². The molecule has 0 N–H and O–H groups in total. The molecule has 0 bridgehead atoms. The van der Waals surface area contributed by atoms with E-state index in [0.29, 0.717) is 5.56 Å². The van der Waals surface area contributed by atoms with Crippen molar-refractivity contribution in [2.75, 3.05) is 0 Å². The van der Waals surface area contributed by atoms with Crippen molar-refractivity contribution in [3.63, 3.8) is 0 Å². The van der Waals surface area contributed by atoms with Gasteiger partial charge < -0.3 is 9.47 Å². The number of ether oxygens (including phenoxy) is 2. The molecule has 1 aromatic carbocycles. The fraction of sp³-hybridized carbons (Fsp3) is 0.429. The second kappa shape index (κ2) is 6.33. The molecule has 0 radical (unpaired) electrons. The molecular weight excluding hydrogens is 268 g/mol. The normalized spacial score (nSPS) is 12.7. The van der Waals surface area contributed by atoms with E-state index in [-0.39, 0.29) is 5.75 Å². The number of hydrogen-bond donors (Lipinski definition) is 0. The highest BCUT2D eigenvalue weighted by Crippen LogP contribution is 2.25. The Kier molecular flexibility index (Phi) is 5.03. The largest absolute Gasteiger partial charge is 0.457 e. The zero-order valence-electron chi connectivity index (χ0n) is 11.4. The Labute approximate surface area is 115 Å². The third kappa shape index (κ3) is 4.19. The lowest BCUT2D eigenvalue weighted by Gasteiger charge is -2.19. The van der Waals surface area contributed by atoms with Crippen LogP contribution in [0, 0.1) is 16.7 Å². The van der Waals surface area contributed by atoms with Crippen molar-refractivity contribution in [1.29, 1.82) is 5.26 Å². The third-order valence-corrected chi connectivity index (χ3v) is 2.65. The maximum atomic E-state index is 12.0. The summed E-state index contributed by atoms with van der Waals surface area (Å²) in [5.41, 5.74) is -0.610. The Bertz CT molecular complexity index is 506. The maximum Gasteiger partial charge on any atom is 0.387 e. The number of rotatable bonds is 5. The summed E-state index contributed by atoms with van der Waals surface area (Å²) in [4.78, 5) is 11.7. The summed E-state index contributed by atoms with van der Waals surface area (Å²) in [5, 5.41) is 8.83. The number of nitrogens with zero attached hydrogens (tertiary/aromatic N) is 1. The fourth-order valence-electron chi connectivity index (χ4n) is 1.34. The van der Waals surface area contributed by atoms with E-state index in [0.717, 1.165) is 0 Å². The number of alkyl halides is 2. The minimum Gasteiger partial charge on any atom is -0.457 e. The number of esters is 1. The van der Waals surface area contributed by atoms with Gasteiger partial charge >= 0.3 is 12.6 Å². The summed E-state index contributed by atoms with van der Waals surface area (Å²) in [6.07, 6.45) is -0.587. The van der Waals surface area contributed by atoms with Gasteiger partial charge in [0.1, 0.15) is 17.3 Å². The molecule has 0 saturated carbocycles. The first kappa shape index (κ1) is 15.9. The van der Waals surface area contributed by atoms with Gasteiger partial charge in [-0.1, -0.05) is 12.1 Å². The highest BCUT2D eigenvalue weighted by Gasteiger charge is 2.30. The van der Waals surface area contributed by atoms with Crippen LogP contribution in [0.2, 0.25) is 0 Å². The molecule has 0 saturated heterocycles. The van der Waals surface area contributed by atoms with Crippen molar-refractivity contribution >= 4 is 5.97 Å². The van der Waals surface area contributed by atoms with E-state index in [9.17, 15) is 13.6 Å². The molecule has 0 aliphatic heterocycles. The van der Waals surface area contributed by atoms with Gasteiger partial charge in [-0.05, 0) is 38.5 Å². The molecule has 0 spiro atoms. The molecule has 20 heavy (non-hydrogen) atoms. The van der Waals surface area contributed by atoms with Crippen LogP contribution in [0.4, 0.5) is 8.78 Å². The van der Waals surface area contributed by atoms with Crippen molar-refractivity contribution in [3.8, 4) is 11.8 Å². The predicted molar refractivity (Wildman–Crippen MR) is 67.0 cm³/mol. The van der Waals surface area contributed by atoms with E-state index in [2.05, 4.69) is 4.74 Å². The second-order valence-corrected chi connectivity index (χ2v) is 4.73. The van der Waals surface area contributed by atoms with E-state index >= 15 is 0 Å². The zero-order chi connectivity index (χ0) is 15.3. The van der Waals surface area contributed by atoms with Crippen molar-refractivity contribution in [3.05, 3.63) is 29.8 Å². The molecule has 0 fully saturated rings. The van der Waals surface area contributed by atoms with Gasteiger partial charge in [0.15, 0.2) is 0 Å². The number of carbonyl (C=O) groups excluding carboxylic acids is 1. The Morgan fingerprint density at radius 3 is 2.30 bits per heavy atom. The lowest BCUT2D eigenvalue weighted by Crippen LogP contribution is -2.25. The van der Waals surface area contributed by atoms with Gasteiger partial charge in [0.05, 0.1) is 6.07 Å². The van der Waals surface area contributed by atoms with Crippen LogP contribution in [0.5, 0.6) is 5.75 Å². The van der Waals surface area contributed by atoms with Crippen molar-refractivity contribution < 1.29 is 23.0 Å². The summed E-state index contributed by atoms with van der Waals surface area (Å²) in [5.74, 6) is -0.611. The van der Waals surface area contributed by atoms with E-state index in [1.807, 2.05) is 6.07 Å². The van der Waals surface area contributed by atoms with Crippen LogP contribution in [0.25, 0.3) is 0 Å². The van der Waals surface area contributed by atoms with Gasteiger partial charge in [0.25, 0.3) is 0 Å². The van der Waals surface area contributed by atoms with E-state index in [1.165, 1.54) is 38.1 Å². The van der Waals surface area contributed by atoms with Crippen molar-refractivity contribution in [2.24, 2.45) is 5.41 Å². The smallest absolute Gasteiger partial charge is 0.387 e. The van der Waals surface area contributed by atoms with Gasteiger partial charge in [-0.3, -0.25) is 4.79 Å². The van der Waals surface area contributed by atoms with Crippen LogP contribution in [0.3, 0.4) is 0 Å². The Balaban J connectivity index is 2.71. The minimum absolute atomic E-state index is 0.0274. The Morgan fingerprint density at radius 1 is 1.30 bits per heavy atom. The van der Waals surface area contributed by atoms with E-state index < -0.39 is 24.1 Å².